The van der Waals surface area contributed by atoms with Gasteiger partial charge in [-0.15, -0.1) is 0 Å². The first-order valence-electron chi connectivity index (χ1n) is 5.50. The molecule has 0 bridgehead atoms. The van der Waals surface area contributed by atoms with Crippen molar-refractivity contribution in [1.82, 2.24) is 13.9 Å². The molecule has 0 saturated carbocycles. The molecule has 104 valence electrons. The second-order valence-corrected chi connectivity index (χ2v) is 7.17. The molecule has 0 spiro atoms. The van der Waals surface area contributed by atoms with Gasteiger partial charge in [-0.3, -0.25) is 0 Å². The number of aryl methyl sites for hydroxylation is 1. The summed E-state index contributed by atoms with van der Waals surface area (Å²) in [5.74, 6) is 0.747. The Morgan fingerprint density at radius 1 is 1.61 bits per heavy atom. The molecular formula is C10H18ClN3O2S2. The van der Waals surface area contributed by atoms with Crippen LogP contribution in [0.5, 0.6) is 0 Å². The van der Waals surface area contributed by atoms with Crippen molar-refractivity contribution in [3.63, 3.8) is 0 Å². The van der Waals surface area contributed by atoms with Gasteiger partial charge in [-0.25, -0.2) is 13.4 Å². The average Bonchev–Trinajstić information content (AvgIpc) is 2.66. The molecule has 0 aliphatic carbocycles. The van der Waals surface area contributed by atoms with Crippen LogP contribution < -0.4 is 0 Å². The Labute approximate surface area is 118 Å². The highest BCUT2D eigenvalue weighted by Gasteiger charge is 2.31. The number of hydrogen-bond acceptors (Lipinski definition) is 4. The Morgan fingerprint density at radius 2 is 2.22 bits per heavy atom. The SMILES string of the molecule is CCC(CSC)N(C)S(=O)(=O)c1ncn(C)c1Cl. The van der Waals surface area contributed by atoms with Crippen LogP contribution in [-0.2, 0) is 17.1 Å². The number of nitrogens with zero attached hydrogens (tertiary/aromatic N) is 3. The molecule has 1 aromatic rings. The van der Waals surface area contributed by atoms with E-state index in [0.29, 0.717) is 0 Å². The molecule has 18 heavy (non-hydrogen) atoms. The van der Waals surface area contributed by atoms with Gasteiger partial charge >= 0.3 is 0 Å². The number of sulfonamides is 1. The van der Waals surface area contributed by atoms with Gasteiger partial charge in [0.2, 0.25) is 5.03 Å². The minimum absolute atomic E-state index is 0.0527. The lowest BCUT2D eigenvalue weighted by Gasteiger charge is -2.25. The first-order valence-corrected chi connectivity index (χ1v) is 8.71. The van der Waals surface area contributed by atoms with E-state index in [1.54, 1.807) is 25.9 Å². The van der Waals surface area contributed by atoms with Crippen LogP contribution in [0.15, 0.2) is 11.4 Å². The monoisotopic (exact) mass is 311 g/mol. The molecule has 0 aliphatic rings. The quantitative estimate of drug-likeness (QED) is 0.804. The molecule has 1 aromatic heterocycles. The highest BCUT2D eigenvalue weighted by molar-refractivity contribution is 7.98. The number of hydrogen-bond donors (Lipinski definition) is 0. The number of halogens is 1. The molecular weight excluding hydrogens is 294 g/mol. The van der Waals surface area contributed by atoms with Crippen LogP contribution in [-0.4, -0.2) is 47.4 Å². The Bertz CT molecular complexity index is 501. The molecule has 0 saturated heterocycles. The predicted octanol–water partition coefficient (Wildman–Crippen LogP) is 1.84. The molecule has 1 heterocycles. The van der Waals surface area contributed by atoms with Gasteiger partial charge in [0.15, 0.2) is 0 Å². The zero-order valence-electron chi connectivity index (χ0n) is 10.9. The largest absolute Gasteiger partial charge is 0.324 e. The molecule has 0 aromatic carbocycles. The van der Waals surface area contributed by atoms with Crippen molar-refractivity contribution in [3.05, 3.63) is 11.5 Å². The van der Waals surface area contributed by atoms with Gasteiger partial charge in [0, 0.05) is 25.9 Å². The molecule has 1 atom stereocenters. The zero-order valence-corrected chi connectivity index (χ0v) is 13.3. The number of thioether (sulfide) groups is 1. The molecule has 1 rings (SSSR count). The van der Waals surface area contributed by atoms with Gasteiger partial charge in [-0.05, 0) is 12.7 Å². The standard InChI is InChI=1S/C10H18ClN3O2S2/c1-5-8(6-17-4)14(3)18(15,16)10-9(11)13(2)7-12-10/h7-8H,5-6H2,1-4H3. The lowest BCUT2D eigenvalue weighted by atomic mass is 10.3. The third-order valence-electron chi connectivity index (χ3n) is 2.80. The molecule has 0 aliphatic heterocycles. The Hall–Kier alpha value is -0.240. The molecule has 0 fully saturated rings. The fourth-order valence-electron chi connectivity index (χ4n) is 1.57. The number of rotatable bonds is 6. The normalized spacial score (nSPS) is 14.1. The molecule has 8 heteroatoms. The smallest absolute Gasteiger partial charge is 0.263 e. The first kappa shape index (κ1) is 15.8. The zero-order chi connectivity index (χ0) is 13.9. The molecule has 0 radical (unpaired) electrons. The van der Waals surface area contributed by atoms with Gasteiger partial charge in [0.1, 0.15) is 5.15 Å². The van der Waals surface area contributed by atoms with Crippen LogP contribution in [0, 0.1) is 0 Å². The summed E-state index contributed by atoms with van der Waals surface area (Å²) in [6.07, 6.45) is 4.11. The van der Waals surface area contributed by atoms with E-state index >= 15 is 0 Å². The topological polar surface area (TPSA) is 55.2 Å². The van der Waals surface area contributed by atoms with Gasteiger partial charge < -0.3 is 4.57 Å². The van der Waals surface area contributed by atoms with E-state index in [4.69, 9.17) is 11.6 Å². The predicted molar refractivity (Wildman–Crippen MR) is 75.6 cm³/mol. The lowest BCUT2D eigenvalue weighted by Crippen LogP contribution is -2.38. The fourth-order valence-corrected chi connectivity index (χ4v) is 4.32. The summed E-state index contributed by atoms with van der Waals surface area (Å²) in [4.78, 5) is 3.88. The van der Waals surface area contributed by atoms with Crippen molar-refractivity contribution in [2.75, 3.05) is 19.1 Å². The van der Waals surface area contributed by atoms with Crippen molar-refractivity contribution >= 4 is 33.4 Å². The highest BCUT2D eigenvalue weighted by atomic mass is 35.5. The summed E-state index contributed by atoms with van der Waals surface area (Å²) in [5, 5.41) is 0.0644. The Balaban J connectivity index is 3.10. The Kier molecular flexibility index (Phi) is 5.51. The molecule has 0 amide bonds. The molecule has 1 unspecified atom stereocenters. The van der Waals surface area contributed by atoms with Crippen molar-refractivity contribution < 1.29 is 8.42 Å². The second-order valence-electron chi connectivity index (χ2n) is 3.99. The maximum atomic E-state index is 12.4. The second kappa shape index (κ2) is 6.27. The van der Waals surface area contributed by atoms with Crippen molar-refractivity contribution in [2.45, 2.75) is 24.4 Å². The summed E-state index contributed by atoms with van der Waals surface area (Å²) in [6, 6.07) is -0.0527. The number of aromatic nitrogens is 2. The third kappa shape index (κ3) is 3.01. The fraction of sp³-hybridized carbons (Fsp3) is 0.700. The maximum Gasteiger partial charge on any atom is 0.263 e. The van der Waals surface area contributed by atoms with Gasteiger partial charge in [0.25, 0.3) is 10.0 Å². The van der Waals surface area contributed by atoms with E-state index in [1.165, 1.54) is 15.2 Å². The minimum atomic E-state index is -3.63. The summed E-state index contributed by atoms with van der Waals surface area (Å²) in [5.41, 5.74) is 0. The average molecular weight is 312 g/mol. The van der Waals surface area contributed by atoms with Gasteiger partial charge in [-0.2, -0.15) is 16.1 Å². The third-order valence-corrected chi connectivity index (χ3v) is 5.92. The van der Waals surface area contributed by atoms with Crippen LogP contribution >= 0.6 is 23.4 Å². The van der Waals surface area contributed by atoms with E-state index in [-0.39, 0.29) is 16.2 Å². The summed E-state index contributed by atoms with van der Waals surface area (Å²) < 4.78 is 27.6. The van der Waals surface area contributed by atoms with Crippen molar-refractivity contribution in [3.8, 4) is 0 Å². The van der Waals surface area contributed by atoms with Gasteiger partial charge in [-0.1, -0.05) is 18.5 Å². The van der Waals surface area contributed by atoms with Gasteiger partial charge in [0.05, 0.1) is 6.33 Å². The van der Waals surface area contributed by atoms with Crippen LogP contribution in [0.1, 0.15) is 13.3 Å². The van der Waals surface area contributed by atoms with E-state index in [1.807, 2.05) is 13.2 Å². The number of imidazole rings is 1. The van der Waals surface area contributed by atoms with E-state index in [9.17, 15) is 8.42 Å². The summed E-state index contributed by atoms with van der Waals surface area (Å²) >= 11 is 7.57. The van der Waals surface area contributed by atoms with Crippen LogP contribution in [0.25, 0.3) is 0 Å². The van der Waals surface area contributed by atoms with Crippen molar-refractivity contribution in [1.29, 1.82) is 0 Å². The van der Waals surface area contributed by atoms with Crippen LogP contribution in [0.4, 0.5) is 0 Å². The molecule has 0 N–H and O–H groups in total. The summed E-state index contributed by atoms with van der Waals surface area (Å²) in [7, 11) is -0.392. The first-order chi connectivity index (χ1) is 8.36. The van der Waals surface area contributed by atoms with E-state index in [2.05, 4.69) is 4.98 Å². The van der Waals surface area contributed by atoms with E-state index in [0.717, 1.165) is 12.2 Å². The maximum absolute atomic E-state index is 12.4. The minimum Gasteiger partial charge on any atom is -0.324 e. The summed E-state index contributed by atoms with van der Waals surface area (Å²) in [6.45, 7) is 1.97. The van der Waals surface area contributed by atoms with E-state index < -0.39 is 10.0 Å². The molecule has 5 nitrogen and oxygen atoms in total. The Morgan fingerprint density at radius 3 is 2.61 bits per heavy atom. The van der Waals surface area contributed by atoms with Crippen molar-refractivity contribution in [2.24, 2.45) is 7.05 Å². The highest BCUT2D eigenvalue weighted by Crippen LogP contribution is 2.24. The lowest BCUT2D eigenvalue weighted by molar-refractivity contribution is 0.384. The van der Waals surface area contributed by atoms with Crippen LogP contribution in [0.3, 0.4) is 0 Å². The van der Waals surface area contributed by atoms with Crippen LogP contribution in [0.2, 0.25) is 5.15 Å².